The number of amides is 1. The van der Waals surface area contributed by atoms with Gasteiger partial charge in [-0.25, -0.2) is 0 Å². The number of benzene rings is 2. The van der Waals surface area contributed by atoms with Crippen molar-refractivity contribution in [2.24, 2.45) is 5.73 Å². The van der Waals surface area contributed by atoms with Gasteiger partial charge in [0.25, 0.3) is 0 Å². The fraction of sp³-hybridized carbons (Fsp3) is 0.278. The number of aryl methyl sites for hydroxylation is 2. The zero-order valence-electron chi connectivity index (χ0n) is 12.8. The molecule has 0 aromatic heterocycles. The van der Waals surface area contributed by atoms with Crippen molar-refractivity contribution in [2.75, 3.05) is 5.32 Å². The Morgan fingerprint density at radius 3 is 2.33 bits per heavy atom. The quantitative estimate of drug-likeness (QED) is 0.881. The summed E-state index contributed by atoms with van der Waals surface area (Å²) in [7, 11) is 0. The lowest BCUT2D eigenvalue weighted by Crippen LogP contribution is -2.13. The highest BCUT2D eigenvalue weighted by Crippen LogP contribution is 2.21. The Balaban J connectivity index is 2.06. The topological polar surface area (TPSA) is 55.1 Å². The van der Waals surface area contributed by atoms with E-state index in [1.165, 1.54) is 16.7 Å². The van der Waals surface area contributed by atoms with Crippen LogP contribution in [0.3, 0.4) is 0 Å². The second-order valence-electron chi connectivity index (χ2n) is 5.55. The van der Waals surface area contributed by atoms with Gasteiger partial charge in [0, 0.05) is 11.7 Å². The predicted molar refractivity (Wildman–Crippen MR) is 87.3 cm³/mol. The molecule has 0 saturated heterocycles. The molecule has 0 saturated carbocycles. The Bertz CT molecular complexity index is 632. The van der Waals surface area contributed by atoms with Crippen molar-refractivity contribution in [3.63, 3.8) is 0 Å². The zero-order valence-corrected chi connectivity index (χ0v) is 12.8. The summed E-state index contributed by atoms with van der Waals surface area (Å²) < 4.78 is 0. The third kappa shape index (κ3) is 4.09. The summed E-state index contributed by atoms with van der Waals surface area (Å²) in [5, 5.41) is 3.47. The van der Waals surface area contributed by atoms with Crippen LogP contribution < -0.4 is 11.1 Å². The van der Waals surface area contributed by atoms with E-state index in [0.29, 0.717) is 0 Å². The summed E-state index contributed by atoms with van der Waals surface area (Å²) in [4.78, 5) is 10.9. The van der Waals surface area contributed by atoms with Crippen LogP contribution >= 0.6 is 0 Å². The molecule has 0 bridgehead atoms. The lowest BCUT2D eigenvalue weighted by molar-refractivity contribution is -0.117. The molecule has 21 heavy (non-hydrogen) atoms. The van der Waals surface area contributed by atoms with Crippen molar-refractivity contribution in [2.45, 2.75) is 33.2 Å². The Kier molecular flexibility index (Phi) is 4.63. The molecule has 2 rings (SSSR count). The van der Waals surface area contributed by atoms with Crippen LogP contribution in [-0.2, 0) is 11.2 Å². The number of nitrogens with one attached hydrogen (secondary N) is 1. The highest BCUT2D eigenvalue weighted by molar-refractivity contribution is 5.76. The molecule has 110 valence electrons. The number of nitrogens with two attached hydrogens (primary N) is 1. The van der Waals surface area contributed by atoms with E-state index < -0.39 is 0 Å². The fourth-order valence-electron chi connectivity index (χ4n) is 2.29. The maximum absolute atomic E-state index is 10.9. The minimum absolute atomic E-state index is 0.228. The number of carbonyl (C=O) groups is 1. The summed E-state index contributed by atoms with van der Waals surface area (Å²) in [6.45, 7) is 6.39. The van der Waals surface area contributed by atoms with Gasteiger partial charge in [-0.1, -0.05) is 30.3 Å². The van der Waals surface area contributed by atoms with Crippen LogP contribution in [-0.4, -0.2) is 5.91 Å². The first-order valence-corrected chi connectivity index (χ1v) is 7.16. The molecule has 2 aromatic carbocycles. The Morgan fingerprint density at radius 2 is 1.76 bits per heavy atom. The molecular formula is C18H22N2O. The minimum Gasteiger partial charge on any atom is -0.379 e. The van der Waals surface area contributed by atoms with E-state index in [-0.39, 0.29) is 18.4 Å². The molecule has 1 unspecified atom stereocenters. The van der Waals surface area contributed by atoms with E-state index in [2.05, 4.69) is 44.3 Å². The molecular weight excluding hydrogens is 260 g/mol. The molecule has 0 heterocycles. The second-order valence-corrected chi connectivity index (χ2v) is 5.55. The van der Waals surface area contributed by atoms with Gasteiger partial charge >= 0.3 is 0 Å². The van der Waals surface area contributed by atoms with Gasteiger partial charge in [0.05, 0.1) is 6.42 Å². The molecule has 0 radical (unpaired) electrons. The molecule has 0 spiro atoms. The second kappa shape index (κ2) is 6.44. The van der Waals surface area contributed by atoms with Gasteiger partial charge < -0.3 is 11.1 Å². The first-order valence-electron chi connectivity index (χ1n) is 7.16. The molecule has 3 N–H and O–H groups in total. The van der Waals surface area contributed by atoms with Crippen molar-refractivity contribution < 1.29 is 4.79 Å². The van der Waals surface area contributed by atoms with Gasteiger partial charge in [-0.15, -0.1) is 0 Å². The minimum atomic E-state index is -0.306. The maximum atomic E-state index is 10.9. The van der Waals surface area contributed by atoms with Crippen LogP contribution in [0.25, 0.3) is 0 Å². The molecule has 0 aliphatic heterocycles. The van der Waals surface area contributed by atoms with Crippen LogP contribution in [0.4, 0.5) is 5.69 Å². The maximum Gasteiger partial charge on any atom is 0.221 e. The number of rotatable bonds is 5. The number of primary amides is 1. The smallest absolute Gasteiger partial charge is 0.221 e. The highest BCUT2D eigenvalue weighted by Gasteiger charge is 2.07. The van der Waals surface area contributed by atoms with Crippen molar-refractivity contribution in [3.05, 3.63) is 64.7 Å². The average molecular weight is 282 g/mol. The van der Waals surface area contributed by atoms with E-state index in [1.807, 2.05) is 24.3 Å². The van der Waals surface area contributed by atoms with E-state index in [9.17, 15) is 4.79 Å². The normalized spacial score (nSPS) is 12.0. The average Bonchev–Trinajstić information content (AvgIpc) is 2.43. The summed E-state index contributed by atoms with van der Waals surface area (Å²) in [6.07, 6.45) is 0.285. The van der Waals surface area contributed by atoms with Crippen LogP contribution in [0, 0.1) is 13.8 Å². The van der Waals surface area contributed by atoms with Gasteiger partial charge in [-0.3, -0.25) is 4.79 Å². The van der Waals surface area contributed by atoms with Gasteiger partial charge in [0.1, 0.15) is 0 Å². The van der Waals surface area contributed by atoms with Gasteiger partial charge in [0.15, 0.2) is 0 Å². The lowest BCUT2D eigenvalue weighted by atomic mass is 10.0. The Labute approximate surface area is 126 Å². The van der Waals surface area contributed by atoms with Crippen LogP contribution in [0.1, 0.15) is 35.2 Å². The van der Waals surface area contributed by atoms with Crippen molar-refractivity contribution in [1.29, 1.82) is 0 Å². The lowest BCUT2D eigenvalue weighted by Gasteiger charge is -2.17. The molecule has 3 heteroatoms. The van der Waals surface area contributed by atoms with E-state index in [1.54, 1.807) is 0 Å². The van der Waals surface area contributed by atoms with Crippen molar-refractivity contribution >= 4 is 11.6 Å². The first kappa shape index (κ1) is 15.1. The third-order valence-electron chi connectivity index (χ3n) is 3.75. The van der Waals surface area contributed by atoms with E-state index in [4.69, 9.17) is 5.73 Å². The molecule has 3 nitrogen and oxygen atoms in total. The standard InChI is InChI=1S/C18H22N2O/c1-12-4-7-16(10-13(12)2)14(3)20-17-8-5-15(6-9-17)11-18(19)21/h4-10,14,20H,11H2,1-3H3,(H2,19,21). The van der Waals surface area contributed by atoms with Gasteiger partial charge in [0.2, 0.25) is 5.91 Å². The Hall–Kier alpha value is -2.29. The molecule has 0 fully saturated rings. The van der Waals surface area contributed by atoms with Gasteiger partial charge in [-0.05, 0) is 55.2 Å². The summed E-state index contributed by atoms with van der Waals surface area (Å²) >= 11 is 0. The first-order chi connectivity index (χ1) is 9.95. The number of carbonyl (C=O) groups excluding carboxylic acids is 1. The predicted octanol–water partition coefficient (Wildman–Crippen LogP) is 3.50. The molecule has 2 aromatic rings. The fourth-order valence-corrected chi connectivity index (χ4v) is 2.29. The zero-order chi connectivity index (χ0) is 15.4. The van der Waals surface area contributed by atoms with E-state index in [0.717, 1.165) is 11.3 Å². The van der Waals surface area contributed by atoms with Crippen LogP contribution in [0.5, 0.6) is 0 Å². The summed E-state index contributed by atoms with van der Waals surface area (Å²) in [5.74, 6) is -0.306. The summed E-state index contributed by atoms with van der Waals surface area (Å²) in [6, 6.07) is 14.6. The third-order valence-corrected chi connectivity index (χ3v) is 3.75. The monoisotopic (exact) mass is 282 g/mol. The van der Waals surface area contributed by atoms with Crippen molar-refractivity contribution in [3.8, 4) is 0 Å². The molecule has 1 amide bonds. The number of hydrogen-bond acceptors (Lipinski definition) is 2. The number of anilines is 1. The molecule has 1 atom stereocenters. The SMILES string of the molecule is Cc1ccc(C(C)Nc2ccc(CC(N)=O)cc2)cc1C. The highest BCUT2D eigenvalue weighted by atomic mass is 16.1. The van der Waals surface area contributed by atoms with Crippen molar-refractivity contribution in [1.82, 2.24) is 0 Å². The number of hydrogen-bond donors (Lipinski definition) is 2. The molecule has 0 aliphatic rings. The van der Waals surface area contributed by atoms with Gasteiger partial charge in [-0.2, -0.15) is 0 Å². The van der Waals surface area contributed by atoms with E-state index >= 15 is 0 Å². The largest absolute Gasteiger partial charge is 0.379 e. The Morgan fingerprint density at radius 1 is 1.10 bits per heavy atom. The molecule has 0 aliphatic carbocycles. The van der Waals surface area contributed by atoms with Crippen LogP contribution in [0.15, 0.2) is 42.5 Å². The summed E-state index contributed by atoms with van der Waals surface area (Å²) in [5.41, 5.74) is 11.0. The van der Waals surface area contributed by atoms with Crippen LogP contribution in [0.2, 0.25) is 0 Å².